The Hall–Kier alpha value is -3.54. The van der Waals surface area contributed by atoms with Crippen molar-refractivity contribution in [2.45, 2.75) is 12.5 Å². The van der Waals surface area contributed by atoms with E-state index in [1.165, 1.54) is 4.90 Å². The number of amides is 2. The van der Waals surface area contributed by atoms with Gasteiger partial charge in [0.25, 0.3) is 5.91 Å². The average molecular weight is 378 g/mol. The zero-order valence-electron chi connectivity index (χ0n) is 14.7. The molecule has 3 aromatic rings. The van der Waals surface area contributed by atoms with Crippen LogP contribution in [0.1, 0.15) is 15.9 Å². The zero-order chi connectivity index (χ0) is 19.7. The maximum Gasteiger partial charge on any atom is 0.259 e. The van der Waals surface area contributed by atoms with Gasteiger partial charge in [-0.3, -0.25) is 14.5 Å². The lowest BCUT2D eigenvalue weighted by molar-refractivity contribution is -0.117. The SMILES string of the molecule is O=C(Nc1ccc(F)cc1F)[C@H]1Cc2ccccc2N1C(=O)c1ccccc1. The molecule has 4 nitrogen and oxygen atoms in total. The van der Waals surface area contributed by atoms with Crippen molar-refractivity contribution in [1.29, 1.82) is 0 Å². The van der Waals surface area contributed by atoms with E-state index in [1.807, 2.05) is 12.1 Å². The predicted molar refractivity (Wildman–Crippen MR) is 102 cm³/mol. The Labute approximate surface area is 160 Å². The van der Waals surface area contributed by atoms with E-state index in [-0.39, 0.29) is 11.6 Å². The third-order valence-electron chi connectivity index (χ3n) is 4.71. The van der Waals surface area contributed by atoms with E-state index >= 15 is 0 Å². The van der Waals surface area contributed by atoms with Crippen LogP contribution in [-0.4, -0.2) is 17.9 Å². The fraction of sp³-hybridized carbons (Fsp3) is 0.0909. The van der Waals surface area contributed by atoms with Crippen LogP contribution in [0.4, 0.5) is 20.2 Å². The largest absolute Gasteiger partial charge is 0.322 e. The van der Waals surface area contributed by atoms with Crippen molar-refractivity contribution in [1.82, 2.24) is 0 Å². The van der Waals surface area contributed by atoms with Crippen molar-refractivity contribution < 1.29 is 18.4 Å². The van der Waals surface area contributed by atoms with E-state index in [0.29, 0.717) is 23.7 Å². The average Bonchev–Trinajstić information content (AvgIpc) is 3.10. The molecule has 0 aromatic heterocycles. The first-order valence-corrected chi connectivity index (χ1v) is 8.77. The number of hydrogen-bond acceptors (Lipinski definition) is 2. The molecule has 0 spiro atoms. The Morgan fingerprint density at radius 1 is 0.929 bits per heavy atom. The highest BCUT2D eigenvalue weighted by molar-refractivity contribution is 6.13. The van der Waals surface area contributed by atoms with Gasteiger partial charge in [-0.1, -0.05) is 36.4 Å². The molecular weight excluding hydrogens is 362 g/mol. The second-order valence-electron chi connectivity index (χ2n) is 6.50. The minimum atomic E-state index is -0.871. The number of anilines is 2. The predicted octanol–water partition coefficient (Wildman–Crippen LogP) is 4.18. The van der Waals surface area contributed by atoms with Gasteiger partial charge in [0.05, 0.1) is 5.69 Å². The van der Waals surface area contributed by atoms with Gasteiger partial charge in [0, 0.05) is 23.7 Å². The van der Waals surface area contributed by atoms with Crippen LogP contribution < -0.4 is 10.2 Å². The number of fused-ring (bicyclic) bond motifs is 1. The summed E-state index contributed by atoms with van der Waals surface area (Å²) in [5.41, 5.74) is 1.82. The smallest absolute Gasteiger partial charge is 0.259 e. The van der Waals surface area contributed by atoms with E-state index in [2.05, 4.69) is 5.32 Å². The van der Waals surface area contributed by atoms with Crippen molar-refractivity contribution >= 4 is 23.2 Å². The highest BCUT2D eigenvalue weighted by Gasteiger charge is 2.38. The molecule has 0 bridgehead atoms. The van der Waals surface area contributed by atoms with Crippen molar-refractivity contribution in [2.75, 3.05) is 10.2 Å². The van der Waals surface area contributed by atoms with Gasteiger partial charge in [0.15, 0.2) is 0 Å². The summed E-state index contributed by atoms with van der Waals surface area (Å²) in [6.45, 7) is 0. The van der Waals surface area contributed by atoms with Crippen LogP contribution in [0.5, 0.6) is 0 Å². The standard InChI is InChI=1S/C22H16F2N2O2/c23-16-10-11-18(17(24)13-16)25-21(27)20-12-15-8-4-5-9-19(15)26(20)22(28)14-6-2-1-3-7-14/h1-11,13,20H,12H2,(H,25,27)/t20-/m1/s1. The molecule has 3 aromatic carbocycles. The van der Waals surface area contributed by atoms with Crippen LogP contribution in [-0.2, 0) is 11.2 Å². The van der Waals surface area contributed by atoms with Gasteiger partial charge in [-0.2, -0.15) is 0 Å². The molecule has 140 valence electrons. The van der Waals surface area contributed by atoms with Gasteiger partial charge in [0.1, 0.15) is 17.7 Å². The van der Waals surface area contributed by atoms with E-state index in [0.717, 1.165) is 17.7 Å². The Morgan fingerprint density at radius 2 is 1.64 bits per heavy atom. The molecule has 0 saturated heterocycles. The minimum absolute atomic E-state index is 0.130. The Balaban J connectivity index is 1.67. The number of carbonyl (C=O) groups excluding carboxylic acids is 2. The summed E-state index contributed by atoms with van der Waals surface area (Å²) in [6.07, 6.45) is 0.309. The highest BCUT2D eigenvalue weighted by Crippen LogP contribution is 2.34. The Kier molecular flexibility index (Phi) is 4.61. The molecule has 0 fully saturated rings. The summed E-state index contributed by atoms with van der Waals surface area (Å²) in [5.74, 6) is -2.45. The molecule has 2 amide bonds. The van der Waals surface area contributed by atoms with Crippen molar-refractivity contribution in [3.8, 4) is 0 Å². The topological polar surface area (TPSA) is 49.4 Å². The van der Waals surface area contributed by atoms with Crippen molar-refractivity contribution in [3.63, 3.8) is 0 Å². The van der Waals surface area contributed by atoms with Crippen LogP contribution >= 0.6 is 0 Å². The first-order chi connectivity index (χ1) is 13.5. The second kappa shape index (κ2) is 7.23. The van der Waals surface area contributed by atoms with Crippen molar-refractivity contribution in [3.05, 3.63) is 95.6 Å². The lowest BCUT2D eigenvalue weighted by Crippen LogP contribution is -2.45. The third-order valence-corrected chi connectivity index (χ3v) is 4.71. The summed E-state index contributed by atoms with van der Waals surface area (Å²) in [7, 11) is 0. The lowest BCUT2D eigenvalue weighted by atomic mass is 10.1. The summed E-state index contributed by atoms with van der Waals surface area (Å²) in [4.78, 5) is 27.4. The fourth-order valence-electron chi connectivity index (χ4n) is 3.37. The summed E-state index contributed by atoms with van der Waals surface area (Å²) >= 11 is 0. The van der Waals surface area contributed by atoms with Gasteiger partial charge >= 0.3 is 0 Å². The van der Waals surface area contributed by atoms with Crippen LogP contribution in [0, 0.1) is 11.6 Å². The normalized spacial score (nSPS) is 15.2. The van der Waals surface area contributed by atoms with E-state index in [9.17, 15) is 18.4 Å². The molecule has 28 heavy (non-hydrogen) atoms. The number of halogens is 2. The molecule has 1 aliphatic heterocycles. The monoisotopic (exact) mass is 378 g/mol. The van der Waals surface area contributed by atoms with Gasteiger partial charge in [-0.25, -0.2) is 8.78 Å². The van der Waals surface area contributed by atoms with Gasteiger partial charge in [0.2, 0.25) is 5.91 Å². The zero-order valence-corrected chi connectivity index (χ0v) is 14.7. The molecule has 0 radical (unpaired) electrons. The summed E-state index contributed by atoms with van der Waals surface area (Å²) in [5, 5.41) is 2.48. The maximum atomic E-state index is 13.9. The molecule has 0 saturated carbocycles. The summed E-state index contributed by atoms with van der Waals surface area (Å²) in [6, 6.07) is 18.0. The number of benzene rings is 3. The number of hydrogen-bond donors (Lipinski definition) is 1. The minimum Gasteiger partial charge on any atom is -0.322 e. The fourth-order valence-corrected chi connectivity index (χ4v) is 3.37. The second-order valence-corrected chi connectivity index (χ2v) is 6.50. The van der Waals surface area contributed by atoms with Crippen LogP contribution in [0.15, 0.2) is 72.8 Å². The maximum absolute atomic E-state index is 13.9. The van der Waals surface area contributed by atoms with Crippen LogP contribution in [0.3, 0.4) is 0 Å². The van der Waals surface area contributed by atoms with E-state index in [4.69, 9.17) is 0 Å². The first-order valence-electron chi connectivity index (χ1n) is 8.77. The van der Waals surface area contributed by atoms with E-state index in [1.54, 1.807) is 42.5 Å². The van der Waals surface area contributed by atoms with Gasteiger partial charge in [-0.05, 0) is 35.9 Å². The summed E-state index contributed by atoms with van der Waals surface area (Å²) < 4.78 is 27.1. The quantitative estimate of drug-likeness (QED) is 0.744. The van der Waals surface area contributed by atoms with Crippen LogP contribution in [0.2, 0.25) is 0 Å². The lowest BCUT2D eigenvalue weighted by Gasteiger charge is -2.25. The molecule has 1 N–H and O–H groups in total. The van der Waals surface area contributed by atoms with Crippen LogP contribution in [0.25, 0.3) is 0 Å². The molecule has 1 atom stereocenters. The van der Waals surface area contributed by atoms with Gasteiger partial charge < -0.3 is 5.32 Å². The number of rotatable bonds is 3. The Morgan fingerprint density at radius 3 is 2.39 bits per heavy atom. The molecule has 6 heteroatoms. The molecule has 1 heterocycles. The molecule has 0 aliphatic carbocycles. The van der Waals surface area contributed by atoms with Gasteiger partial charge in [-0.15, -0.1) is 0 Å². The van der Waals surface area contributed by atoms with Crippen molar-refractivity contribution in [2.24, 2.45) is 0 Å². The first kappa shape index (κ1) is 17.9. The number of para-hydroxylation sites is 1. The molecule has 1 aliphatic rings. The molecular formula is C22H16F2N2O2. The number of nitrogens with zero attached hydrogens (tertiary/aromatic N) is 1. The van der Waals surface area contributed by atoms with E-state index < -0.39 is 23.6 Å². The third kappa shape index (κ3) is 3.24. The number of carbonyl (C=O) groups is 2. The molecule has 4 rings (SSSR count). The molecule has 0 unspecified atom stereocenters. The Bertz CT molecular complexity index is 1050. The number of nitrogens with one attached hydrogen (secondary N) is 1. The highest BCUT2D eigenvalue weighted by atomic mass is 19.1.